The molecule has 3 aromatic rings. The third kappa shape index (κ3) is 3.62. The van der Waals surface area contributed by atoms with Crippen molar-refractivity contribution in [2.45, 2.75) is 12.0 Å². The molecule has 0 aliphatic carbocycles. The van der Waals surface area contributed by atoms with Crippen LogP contribution in [0.15, 0.2) is 84.9 Å². The van der Waals surface area contributed by atoms with E-state index in [9.17, 15) is 5.11 Å². The fraction of sp³-hybridized carbons (Fsp3) is 0.182. The molecule has 0 spiro atoms. The van der Waals surface area contributed by atoms with E-state index in [1.54, 1.807) is 0 Å². The van der Waals surface area contributed by atoms with Crippen LogP contribution in [0.5, 0.6) is 0 Å². The normalized spacial score (nSPS) is 11.4. The van der Waals surface area contributed by atoms with Crippen molar-refractivity contribution in [2.24, 2.45) is 0 Å². The lowest BCUT2D eigenvalue weighted by Crippen LogP contribution is -2.45. The lowest BCUT2D eigenvalue weighted by molar-refractivity contribution is 0.280. The van der Waals surface area contributed by atoms with Gasteiger partial charge in [0.25, 0.3) is 0 Å². The van der Waals surface area contributed by atoms with Crippen LogP contribution in [0.3, 0.4) is 0 Å². The Morgan fingerprint density at radius 3 is 1.80 bits per heavy atom. The molecule has 0 atom stereocenters. The molecule has 0 unspecified atom stereocenters. The molecule has 0 radical (unpaired) electrons. The Bertz CT molecular complexity index is 750. The molecule has 0 fully saturated rings. The predicted molar refractivity (Wildman–Crippen MR) is 104 cm³/mol. The highest BCUT2D eigenvalue weighted by atomic mass is 35.5. The largest absolute Gasteiger partial charge is 0.396 e. The molecule has 0 saturated heterocycles. The summed E-state index contributed by atoms with van der Waals surface area (Å²) in [6.45, 7) is 0.820. The molecule has 3 aromatic carbocycles. The Hall–Kier alpha value is -2.13. The molecule has 128 valence electrons. The lowest BCUT2D eigenvalue weighted by Gasteiger charge is -2.37. The van der Waals surface area contributed by atoms with Gasteiger partial charge in [0.15, 0.2) is 0 Å². The number of hydrogen-bond donors (Lipinski definition) is 2. The van der Waals surface area contributed by atoms with Crippen LogP contribution < -0.4 is 5.32 Å². The van der Waals surface area contributed by atoms with Gasteiger partial charge in [-0.15, -0.1) is 0 Å². The highest BCUT2D eigenvalue weighted by molar-refractivity contribution is 6.31. The minimum Gasteiger partial charge on any atom is -0.396 e. The summed E-state index contributed by atoms with van der Waals surface area (Å²) in [6, 6.07) is 28.6. The first-order valence-electron chi connectivity index (χ1n) is 8.51. The summed E-state index contributed by atoms with van der Waals surface area (Å²) in [4.78, 5) is 0. The van der Waals surface area contributed by atoms with Gasteiger partial charge in [-0.25, -0.2) is 0 Å². The minimum absolute atomic E-state index is 0.148. The zero-order valence-corrected chi connectivity index (χ0v) is 14.8. The van der Waals surface area contributed by atoms with Crippen LogP contribution >= 0.6 is 11.6 Å². The van der Waals surface area contributed by atoms with Crippen LogP contribution in [0.1, 0.15) is 23.1 Å². The fourth-order valence-electron chi connectivity index (χ4n) is 3.27. The molecule has 25 heavy (non-hydrogen) atoms. The molecule has 0 aliphatic rings. The maximum atomic E-state index is 9.26. The van der Waals surface area contributed by atoms with E-state index >= 15 is 0 Å². The van der Waals surface area contributed by atoms with E-state index in [0.29, 0.717) is 18.0 Å². The second-order valence-electron chi connectivity index (χ2n) is 5.97. The Labute approximate surface area is 154 Å². The highest BCUT2D eigenvalue weighted by Gasteiger charge is 2.37. The van der Waals surface area contributed by atoms with Crippen molar-refractivity contribution in [3.63, 3.8) is 0 Å². The van der Waals surface area contributed by atoms with E-state index in [2.05, 4.69) is 35.6 Å². The summed E-state index contributed by atoms with van der Waals surface area (Å²) in [6.07, 6.45) is 0.672. The Morgan fingerprint density at radius 1 is 0.760 bits per heavy atom. The predicted octanol–water partition coefficient (Wildman–Crippen LogP) is 4.60. The summed E-state index contributed by atoms with van der Waals surface area (Å²) in [7, 11) is 0. The van der Waals surface area contributed by atoms with Crippen LogP contribution in [0, 0.1) is 0 Å². The van der Waals surface area contributed by atoms with Gasteiger partial charge in [-0.05, 0) is 35.7 Å². The molecule has 2 N–H and O–H groups in total. The minimum atomic E-state index is -0.573. The number of benzene rings is 3. The highest BCUT2D eigenvalue weighted by Crippen LogP contribution is 2.39. The molecule has 3 heteroatoms. The Balaban J connectivity index is 2.26. The topological polar surface area (TPSA) is 32.3 Å². The van der Waals surface area contributed by atoms with E-state index in [1.807, 2.05) is 54.6 Å². The van der Waals surface area contributed by atoms with Crippen molar-refractivity contribution in [2.75, 3.05) is 13.2 Å². The molecule has 0 amide bonds. The van der Waals surface area contributed by atoms with Gasteiger partial charge in [0, 0.05) is 11.6 Å². The number of aliphatic hydroxyl groups is 1. The molecule has 0 aliphatic heterocycles. The molecule has 3 rings (SSSR count). The van der Waals surface area contributed by atoms with E-state index < -0.39 is 5.54 Å². The maximum Gasteiger partial charge on any atom is 0.0962 e. The van der Waals surface area contributed by atoms with Crippen molar-refractivity contribution in [1.29, 1.82) is 0 Å². The lowest BCUT2D eigenvalue weighted by atomic mass is 9.77. The Morgan fingerprint density at radius 2 is 1.28 bits per heavy atom. The van der Waals surface area contributed by atoms with Crippen LogP contribution in [-0.4, -0.2) is 18.3 Å². The van der Waals surface area contributed by atoms with Crippen molar-refractivity contribution in [3.8, 4) is 0 Å². The van der Waals surface area contributed by atoms with Gasteiger partial charge in [-0.1, -0.05) is 90.5 Å². The number of hydrogen-bond acceptors (Lipinski definition) is 2. The first kappa shape index (κ1) is 17.7. The molecular formula is C22H22ClNO. The van der Waals surface area contributed by atoms with Crippen LogP contribution in [0.2, 0.25) is 5.02 Å². The van der Waals surface area contributed by atoms with E-state index in [0.717, 1.165) is 16.7 Å². The molecule has 0 bridgehead atoms. The smallest absolute Gasteiger partial charge is 0.0962 e. The monoisotopic (exact) mass is 351 g/mol. The first-order chi connectivity index (χ1) is 12.3. The standard InChI is InChI=1S/C22H22ClNO/c23-21-15-8-7-14-20(21)22(24-16-9-17-25,18-10-3-1-4-11-18)19-12-5-2-6-13-19/h1-8,10-15,24-25H,9,16-17H2. The van der Waals surface area contributed by atoms with Crippen LogP contribution in [0.4, 0.5) is 0 Å². The zero-order valence-electron chi connectivity index (χ0n) is 14.0. The van der Waals surface area contributed by atoms with E-state index in [-0.39, 0.29) is 6.61 Å². The van der Waals surface area contributed by atoms with Gasteiger partial charge in [-0.2, -0.15) is 0 Å². The summed E-state index contributed by atoms with van der Waals surface area (Å²) in [5, 5.41) is 13.7. The Kier molecular flexibility index (Phi) is 5.87. The average Bonchev–Trinajstić information content (AvgIpc) is 2.68. The molecule has 2 nitrogen and oxygen atoms in total. The average molecular weight is 352 g/mol. The second kappa shape index (κ2) is 8.30. The van der Waals surface area contributed by atoms with Gasteiger partial charge < -0.3 is 5.11 Å². The number of halogens is 1. The molecule has 0 saturated carbocycles. The van der Waals surface area contributed by atoms with Gasteiger partial charge in [0.2, 0.25) is 0 Å². The van der Waals surface area contributed by atoms with Crippen LogP contribution in [0.25, 0.3) is 0 Å². The number of aliphatic hydroxyl groups excluding tert-OH is 1. The summed E-state index contributed by atoms with van der Waals surface area (Å²) in [5.74, 6) is 0. The van der Waals surface area contributed by atoms with Gasteiger partial charge in [0.05, 0.1) is 5.54 Å². The number of rotatable bonds is 7. The molecule has 0 heterocycles. The van der Waals surface area contributed by atoms with Crippen molar-refractivity contribution >= 4 is 11.6 Å². The second-order valence-corrected chi connectivity index (χ2v) is 6.37. The van der Waals surface area contributed by atoms with Crippen molar-refractivity contribution < 1.29 is 5.11 Å². The fourth-order valence-corrected chi connectivity index (χ4v) is 3.55. The SMILES string of the molecule is OCCCNC(c1ccccc1)(c1ccccc1)c1ccccc1Cl. The van der Waals surface area contributed by atoms with E-state index in [4.69, 9.17) is 11.6 Å². The first-order valence-corrected chi connectivity index (χ1v) is 8.89. The quantitative estimate of drug-likeness (QED) is 0.481. The third-order valence-electron chi connectivity index (χ3n) is 4.42. The van der Waals surface area contributed by atoms with Gasteiger partial charge >= 0.3 is 0 Å². The maximum absolute atomic E-state index is 9.26. The molecular weight excluding hydrogens is 330 g/mol. The van der Waals surface area contributed by atoms with Gasteiger partial charge in [0.1, 0.15) is 0 Å². The number of nitrogens with one attached hydrogen (secondary N) is 1. The van der Waals surface area contributed by atoms with E-state index in [1.165, 1.54) is 0 Å². The molecule has 0 aromatic heterocycles. The third-order valence-corrected chi connectivity index (χ3v) is 4.75. The van der Waals surface area contributed by atoms with Crippen molar-refractivity contribution in [3.05, 3.63) is 107 Å². The zero-order chi connectivity index (χ0) is 17.5. The summed E-state index contributed by atoms with van der Waals surface area (Å²) in [5.41, 5.74) is 2.67. The van der Waals surface area contributed by atoms with Crippen molar-refractivity contribution in [1.82, 2.24) is 5.32 Å². The summed E-state index contributed by atoms with van der Waals surface area (Å²) < 4.78 is 0. The van der Waals surface area contributed by atoms with Crippen LogP contribution in [-0.2, 0) is 5.54 Å². The van der Waals surface area contributed by atoms with Gasteiger partial charge in [-0.3, -0.25) is 5.32 Å². The summed E-state index contributed by atoms with van der Waals surface area (Å²) >= 11 is 6.63.